The molecular formula is C20H27NO. The first kappa shape index (κ1) is 19.8. The van der Waals surface area contributed by atoms with Crippen molar-refractivity contribution in [1.82, 2.24) is 5.32 Å². The summed E-state index contributed by atoms with van der Waals surface area (Å²) >= 11 is 0. The van der Waals surface area contributed by atoms with Crippen LogP contribution >= 0.6 is 0 Å². The zero-order chi connectivity index (χ0) is 16.6. The molecule has 0 aliphatic carbocycles. The summed E-state index contributed by atoms with van der Waals surface area (Å²) in [5.74, 6) is 3.39. The highest BCUT2D eigenvalue weighted by atomic mass is 16.5. The molecule has 0 amide bonds. The average Bonchev–Trinajstić information content (AvgIpc) is 2.58. The topological polar surface area (TPSA) is 21.3 Å². The van der Waals surface area contributed by atoms with Gasteiger partial charge >= 0.3 is 0 Å². The fraction of sp³-hybridized carbons (Fsp3) is 0.300. The van der Waals surface area contributed by atoms with E-state index in [2.05, 4.69) is 17.8 Å². The normalized spacial score (nSPS) is 10.5. The molecule has 0 atom stereocenters. The van der Waals surface area contributed by atoms with Crippen LogP contribution in [0.3, 0.4) is 0 Å². The predicted octanol–water partition coefficient (Wildman–Crippen LogP) is 4.50. The summed E-state index contributed by atoms with van der Waals surface area (Å²) in [4.78, 5) is 0. The third-order valence-corrected chi connectivity index (χ3v) is 2.65. The van der Waals surface area contributed by atoms with Crippen molar-refractivity contribution in [1.29, 1.82) is 0 Å². The summed E-state index contributed by atoms with van der Waals surface area (Å²) in [7, 11) is 0. The molecule has 0 aromatic heterocycles. The number of ether oxygens (including phenoxy) is 1. The third-order valence-electron chi connectivity index (χ3n) is 2.65. The third kappa shape index (κ3) is 8.84. The van der Waals surface area contributed by atoms with Gasteiger partial charge in [0.15, 0.2) is 0 Å². The maximum atomic E-state index is 5.71. The molecule has 118 valence electrons. The second-order valence-electron chi connectivity index (χ2n) is 4.21. The first-order valence-electron chi connectivity index (χ1n) is 7.60. The Labute approximate surface area is 135 Å². The quantitative estimate of drug-likeness (QED) is 0.433. The van der Waals surface area contributed by atoms with E-state index in [9.17, 15) is 0 Å². The molecule has 0 unspecified atom stereocenters. The van der Waals surface area contributed by atoms with Gasteiger partial charge in [-0.1, -0.05) is 62.8 Å². The van der Waals surface area contributed by atoms with Gasteiger partial charge in [0.25, 0.3) is 0 Å². The molecule has 0 saturated heterocycles. The van der Waals surface area contributed by atoms with Crippen LogP contribution in [0.25, 0.3) is 0 Å². The monoisotopic (exact) mass is 297 g/mol. The average molecular weight is 297 g/mol. The van der Waals surface area contributed by atoms with E-state index in [0.717, 1.165) is 17.9 Å². The van der Waals surface area contributed by atoms with Gasteiger partial charge in [-0.3, -0.25) is 0 Å². The molecule has 0 radical (unpaired) electrons. The summed E-state index contributed by atoms with van der Waals surface area (Å²) in [5.41, 5.74) is 2.23. The van der Waals surface area contributed by atoms with Crippen molar-refractivity contribution in [3.05, 3.63) is 66.3 Å². The van der Waals surface area contributed by atoms with E-state index in [0.29, 0.717) is 13.2 Å². The summed E-state index contributed by atoms with van der Waals surface area (Å²) in [6.07, 6.45) is 12.9. The van der Waals surface area contributed by atoms with E-state index >= 15 is 0 Å². The first-order valence-corrected chi connectivity index (χ1v) is 7.60. The minimum Gasteiger partial charge on any atom is -0.489 e. The Morgan fingerprint density at radius 1 is 1.32 bits per heavy atom. The van der Waals surface area contributed by atoms with Gasteiger partial charge in [-0.15, -0.1) is 6.42 Å². The van der Waals surface area contributed by atoms with Gasteiger partial charge in [-0.05, 0) is 30.2 Å². The lowest BCUT2D eigenvalue weighted by molar-refractivity contribution is 0.355. The van der Waals surface area contributed by atoms with Crippen LogP contribution in [0.5, 0.6) is 5.75 Å². The highest BCUT2D eigenvalue weighted by Gasteiger charge is 1.97. The molecule has 0 fully saturated rings. The molecule has 0 spiro atoms. The standard InChI is InChI=1S/C18H21NO.C2H6/c1-4-7-8-16(6-3)15-20-18-11-9-17(10-12-18)14-19-13-5-2;1-2/h2,4,6-12,19H,3,13-15H2,1H3;1-2H3/b7-4-,16-8+;. The fourth-order valence-corrected chi connectivity index (χ4v) is 1.54. The molecule has 1 N–H and O–H groups in total. The predicted molar refractivity (Wildman–Crippen MR) is 96.9 cm³/mol. The van der Waals surface area contributed by atoms with E-state index in [1.54, 1.807) is 6.08 Å². The Morgan fingerprint density at radius 3 is 2.55 bits per heavy atom. The van der Waals surface area contributed by atoms with Crippen LogP contribution in [0.4, 0.5) is 0 Å². The molecule has 0 aliphatic rings. The molecule has 1 aromatic carbocycles. The maximum absolute atomic E-state index is 5.71. The summed E-state index contributed by atoms with van der Waals surface area (Å²) in [6.45, 7) is 11.6. The van der Waals surface area contributed by atoms with E-state index in [-0.39, 0.29) is 0 Å². The summed E-state index contributed by atoms with van der Waals surface area (Å²) < 4.78 is 5.71. The number of rotatable bonds is 8. The highest BCUT2D eigenvalue weighted by molar-refractivity contribution is 5.29. The lowest BCUT2D eigenvalue weighted by atomic mass is 10.2. The second-order valence-corrected chi connectivity index (χ2v) is 4.21. The summed E-state index contributed by atoms with van der Waals surface area (Å²) in [6, 6.07) is 7.98. The smallest absolute Gasteiger partial charge is 0.119 e. The molecule has 22 heavy (non-hydrogen) atoms. The van der Waals surface area contributed by atoms with Crippen LogP contribution in [0.2, 0.25) is 0 Å². The molecule has 0 heterocycles. The number of nitrogens with one attached hydrogen (secondary N) is 1. The van der Waals surface area contributed by atoms with Crippen LogP contribution < -0.4 is 10.1 Å². The Morgan fingerprint density at radius 2 is 2.00 bits per heavy atom. The summed E-state index contributed by atoms with van der Waals surface area (Å²) in [5, 5.41) is 3.15. The van der Waals surface area contributed by atoms with E-state index in [1.807, 2.05) is 63.3 Å². The van der Waals surface area contributed by atoms with Crippen molar-refractivity contribution < 1.29 is 4.74 Å². The van der Waals surface area contributed by atoms with Gasteiger partial charge in [0.2, 0.25) is 0 Å². The van der Waals surface area contributed by atoms with Gasteiger partial charge in [0.05, 0.1) is 6.54 Å². The number of terminal acetylenes is 1. The SMILES string of the molecule is C#CCNCc1ccc(OC/C(C=C)=C/C=C\C)cc1.CC. The van der Waals surface area contributed by atoms with Crippen molar-refractivity contribution in [2.24, 2.45) is 0 Å². The van der Waals surface area contributed by atoms with Crippen LogP contribution in [0, 0.1) is 12.3 Å². The molecule has 1 aromatic rings. The maximum Gasteiger partial charge on any atom is 0.119 e. The van der Waals surface area contributed by atoms with Crippen LogP contribution in [0.1, 0.15) is 26.3 Å². The molecule has 0 aliphatic heterocycles. The lowest BCUT2D eigenvalue weighted by Gasteiger charge is -2.08. The molecule has 2 heteroatoms. The number of benzene rings is 1. The fourth-order valence-electron chi connectivity index (χ4n) is 1.54. The second kappa shape index (κ2) is 13.7. The Hall–Kier alpha value is -2.24. The van der Waals surface area contributed by atoms with Gasteiger partial charge < -0.3 is 10.1 Å². The van der Waals surface area contributed by atoms with Crippen molar-refractivity contribution in [3.8, 4) is 18.1 Å². The largest absolute Gasteiger partial charge is 0.489 e. The first-order chi connectivity index (χ1) is 10.8. The van der Waals surface area contributed by atoms with Crippen molar-refractivity contribution in [2.45, 2.75) is 27.3 Å². The van der Waals surface area contributed by atoms with E-state index in [4.69, 9.17) is 11.2 Å². The highest BCUT2D eigenvalue weighted by Crippen LogP contribution is 2.13. The minimum atomic E-state index is 0.516. The van der Waals surface area contributed by atoms with Gasteiger partial charge in [-0.2, -0.15) is 0 Å². The van der Waals surface area contributed by atoms with Crippen LogP contribution in [0.15, 0.2) is 60.7 Å². The molecule has 0 bridgehead atoms. The lowest BCUT2D eigenvalue weighted by Crippen LogP contribution is -2.12. The van der Waals surface area contributed by atoms with Gasteiger partial charge in [-0.25, -0.2) is 0 Å². The Balaban J connectivity index is 0.00000211. The number of allylic oxidation sites excluding steroid dienone is 3. The minimum absolute atomic E-state index is 0.516. The van der Waals surface area contributed by atoms with E-state index in [1.165, 1.54) is 5.56 Å². The molecule has 0 saturated carbocycles. The Bertz CT molecular complexity index is 504. The van der Waals surface area contributed by atoms with Crippen LogP contribution in [-0.2, 0) is 6.54 Å². The van der Waals surface area contributed by atoms with Crippen molar-refractivity contribution in [2.75, 3.05) is 13.2 Å². The van der Waals surface area contributed by atoms with Gasteiger partial charge in [0, 0.05) is 6.54 Å². The Kier molecular flexibility index (Phi) is 12.3. The zero-order valence-corrected chi connectivity index (χ0v) is 13.9. The number of hydrogen-bond acceptors (Lipinski definition) is 2. The van der Waals surface area contributed by atoms with Crippen LogP contribution in [-0.4, -0.2) is 13.2 Å². The molecule has 1 rings (SSSR count). The van der Waals surface area contributed by atoms with Crippen molar-refractivity contribution >= 4 is 0 Å². The van der Waals surface area contributed by atoms with Gasteiger partial charge in [0.1, 0.15) is 12.4 Å². The molecule has 2 nitrogen and oxygen atoms in total. The zero-order valence-electron chi connectivity index (χ0n) is 13.9. The number of hydrogen-bond donors (Lipinski definition) is 1. The van der Waals surface area contributed by atoms with E-state index < -0.39 is 0 Å². The molecular weight excluding hydrogens is 270 g/mol. The van der Waals surface area contributed by atoms with Crippen molar-refractivity contribution in [3.63, 3.8) is 0 Å².